The van der Waals surface area contributed by atoms with Crippen LogP contribution in [0.25, 0.3) is 21.9 Å². The fourth-order valence-electron chi connectivity index (χ4n) is 2.52. The van der Waals surface area contributed by atoms with Gasteiger partial charge in [0.2, 0.25) is 0 Å². The van der Waals surface area contributed by atoms with Crippen LogP contribution in [0.1, 0.15) is 21.8 Å². The SMILES string of the molecule is C=CCOc1ccc(/C=C(\C#N)c2nc3sc(C)c(C)c3c(=O)[nH]2)cc1. The first-order valence-electron chi connectivity index (χ1n) is 7.99. The smallest absolute Gasteiger partial charge is 0.260 e. The zero-order valence-electron chi connectivity index (χ0n) is 14.5. The number of nitriles is 1. The molecule has 0 unspecified atom stereocenters. The van der Waals surface area contributed by atoms with Gasteiger partial charge in [0.15, 0.2) is 5.82 Å². The van der Waals surface area contributed by atoms with Crippen molar-refractivity contribution in [3.8, 4) is 11.8 Å². The number of nitrogens with one attached hydrogen (secondary N) is 1. The zero-order valence-corrected chi connectivity index (χ0v) is 15.3. The number of hydrogen-bond donors (Lipinski definition) is 1. The summed E-state index contributed by atoms with van der Waals surface area (Å²) in [6.45, 7) is 7.90. The summed E-state index contributed by atoms with van der Waals surface area (Å²) in [6, 6.07) is 9.43. The van der Waals surface area contributed by atoms with E-state index in [1.54, 1.807) is 12.2 Å². The van der Waals surface area contributed by atoms with E-state index in [0.717, 1.165) is 21.8 Å². The molecule has 0 aliphatic heterocycles. The maximum absolute atomic E-state index is 12.4. The van der Waals surface area contributed by atoms with Gasteiger partial charge < -0.3 is 9.72 Å². The van der Waals surface area contributed by atoms with E-state index in [2.05, 4.69) is 22.6 Å². The number of rotatable bonds is 5. The summed E-state index contributed by atoms with van der Waals surface area (Å²) >= 11 is 1.46. The van der Waals surface area contributed by atoms with Crippen LogP contribution in [0.5, 0.6) is 5.75 Å². The van der Waals surface area contributed by atoms with Crippen molar-refractivity contribution in [1.29, 1.82) is 5.26 Å². The molecule has 0 amide bonds. The molecule has 0 aliphatic rings. The lowest BCUT2D eigenvalue weighted by Gasteiger charge is -2.03. The molecule has 2 heterocycles. The lowest BCUT2D eigenvalue weighted by atomic mass is 10.1. The van der Waals surface area contributed by atoms with Crippen molar-refractivity contribution in [2.45, 2.75) is 13.8 Å². The number of nitrogens with zero attached hydrogens (tertiary/aromatic N) is 2. The van der Waals surface area contributed by atoms with E-state index in [1.165, 1.54) is 11.3 Å². The number of benzene rings is 1. The van der Waals surface area contributed by atoms with Gasteiger partial charge in [-0.25, -0.2) is 4.98 Å². The predicted molar refractivity (Wildman–Crippen MR) is 105 cm³/mol. The van der Waals surface area contributed by atoms with Crippen molar-refractivity contribution >= 4 is 33.2 Å². The molecule has 1 aromatic carbocycles. The van der Waals surface area contributed by atoms with E-state index in [-0.39, 0.29) is 11.4 Å². The normalized spacial score (nSPS) is 11.3. The lowest BCUT2D eigenvalue weighted by molar-refractivity contribution is 0.363. The number of thiophene rings is 1. The average Bonchev–Trinajstić information content (AvgIpc) is 2.93. The minimum atomic E-state index is -0.221. The van der Waals surface area contributed by atoms with Gasteiger partial charge in [0.25, 0.3) is 5.56 Å². The highest BCUT2D eigenvalue weighted by atomic mass is 32.1. The van der Waals surface area contributed by atoms with E-state index in [4.69, 9.17) is 4.74 Å². The molecule has 5 nitrogen and oxygen atoms in total. The number of ether oxygens (including phenoxy) is 1. The van der Waals surface area contributed by atoms with Crippen molar-refractivity contribution in [3.05, 3.63) is 69.1 Å². The first-order valence-corrected chi connectivity index (χ1v) is 8.81. The van der Waals surface area contributed by atoms with Gasteiger partial charge in [-0.1, -0.05) is 24.8 Å². The molecule has 1 N–H and O–H groups in total. The molecule has 3 aromatic rings. The van der Waals surface area contributed by atoms with E-state index in [0.29, 0.717) is 22.4 Å². The Bertz CT molecular complexity index is 1100. The van der Waals surface area contributed by atoms with Gasteiger partial charge in [0, 0.05) is 4.88 Å². The molecular weight excluding hydrogens is 346 g/mol. The second-order valence-electron chi connectivity index (χ2n) is 5.72. The highest BCUT2D eigenvalue weighted by molar-refractivity contribution is 7.18. The Hall–Kier alpha value is -3.17. The Morgan fingerprint density at radius 3 is 2.77 bits per heavy atom. The summed E-state index contributed by atoms with van der Waals surface area (Å²) in [6.07, 6.45) is 3.36. The number of aromatic amines is 1. The maximum atomic E-state index is 12.4. The number of hydrogen-bond acceptors (Lipinski definition) is 5. The summed E-state index contributed by atoms with van der Waals surface area (Å²) in [5.41, 5.74) is 1.82. The summed E-state index contributed by atoms with van der Waals surface area (Å²) < 4.78 is 5.44. The Labute approximate surface area is 154 Å². The molecule has 3 rings (SSSR count). The summed E-state index contributed by atoms with van der Waals surface area (Å²) in [5, 5.41) is 10.1. The number of fused-ring (bicyclic) bond motifs is 1. The van der Waals surface area contributed by atoms with Crippen molar-refractivity contribution in [3.63, 3.8) is 0 Å². The Kier molecular flexibility index (Phi) is 5.01. The van der Waals surface area contributed by atoms with Gasteiger partial charge >= 0.3 is 0 Å². The molecule has 130 valence electrons. The van der Waals surface area contributed by atoms with E-state index < -0.39 is 0 Å². The lowest BCUT2D eigenvalue weighted by Crippen LogP contribution is -2.10. The van der Waals surface area contributed by atoms with Crippen LogP contribution in [0, 0.1) is 25.2 Å². The molecule has 6 heteroatoms. The van der Waals surface area contributed by atoms with Gasteiger partial charge in [-0.3, -0.25) is 4.79 Å². The average molecular weight is 363 g/mol. The van der Waals surface area contributed by atoms with Crippen LogP contribution in [0.4, 0.5) is 0 Å². The number of aryl methyl sites for hydroxylation is 2. The first-order chi connectivity index (χ1) is 12.5. The van der Waals surface area contributed by atoms with Gasteiger partial charge in [-0.15, -0.1) is 11.3 Å². The fraction of sp³-hybridized carbons (Fsp3) is 0.150. The van der Waals surface area contributed by atoms with Gasteiger partial charge in [0.1, 0.15) is 23.3 Å². The third-order valence-electron chi connectivity index (χ3n) is 3.97. The molecule has 0 saturated heterocycles. The van der Waals surface area contributed by atoms with Crippen LogP contribution < -0.4 is 10.3 Å². The minimum Gasteiger partial charge on any atom is -0.490 e. The number of allylic oxidation sites excluding steroid dienone is 1. The van der Waals surface area contributed by atoms with Crippen LogP contribution in [0.2, 0.25) is 0 Å². The van der Waals surface area contributed by atoms with Crippen molar-refractivity contribution in [2.75, 3.05) is 6.61 Å². The third kappa shape index (κ3) is 3.44. The van der Waals surface area contributed by atoms with Crippen LogP contribution >= 0.6 is 11.3 Å². The van der Waals surface area contributed by atoms with Gasteiger partial charge in [0.05, 0.1) is 11.0 Å². The molecule has 0 radical (unpaired) electrons. The zero-order chi connectivity index (χ0) is 18.7. The molecule has 2 aromatic heterocycles. The quantitative estimate of drug-likeness (QED) is 0.543. The maximum Gasteiger partial charge on any atom is 0.260 e. The van der Waals surface area contributed by atoms with E-state index in [1.807, 2.05) is 38.1 Å². The Balaban J connectivity index is 1.99. The molecule has 0 fully saturated rings. The van der Waals surface area contributed by atoms with E-state index >= 15 is 0 Å². The second-order valence-corrected chi connectivity index (χ2v) is 6.92. The van der Waals surface area contributed by atoms with Gasteiger partial charge in [-0.05, 0) is 43.2 Å². The highest BCUT2D eigenvalue weighted by Crippen LogP contribution is 2.27. The van der Waals surface area contributed by atoms with Gasteiger partial charge in [-0.2, -0.15) is 5.26 Å². The monoisotopic (exact) mass is 363 g/mol. The standard InChI is InChI=1S/C20H17N3O2S/c1-4-9-25-16-7-5-14(6-8-16)10-15(11-21)18-22-19(24)17-12(2)13(3)26-20(17)23-18/h4-8,10H,1,9H2,2-3H3,(H,22,23,24)/b15-10+. The van der Waals surface area contributed by atoms with Crippen LogP contribution in [-0.4, -0.2) is 16.6 Å². The molecule has 0 saturated carbocycles. The predicted octanol–water partition coefficient (Wildman–Crippen LogP) is 4.23. The number of aromatic nitrogens is 2. The Morgan fingerprint density at radius 2 is 2.12 bits per heavy atom. The van der Waals surface area contributed by atoms with E-state index in [9.17, 15) is 10.1 Å². The summed E-state index contributed by atoms with van der Waals surface area (Å²) in [7, 11) is 0. The summed E-state index contributed by atoms with van der Waals surface area (Å²) in [4.78, 5) is 21.3. The third-order valence-corrected chi connectivity index (χ3v) is 5.07. The molecule has 26 heavy (non-hydrogen) atoms. The molecule has 0 atom stereocenters. The fourth-order valence-corrected chi connectivity index (χ4v) is 3.55. The van der Waals surface area contributed by atoms with Crippen LogP contribution in [0.15, 0.2) is 41.7 Å². The Morgan fingerprint density at radius 1 is 1.38 bits per heavy atom. The highest BCUT2D eigenvalue weighted by Gasteiger charge is 2.13. The van der Waals surface area contributed by atoms with Crippen molar-refractivity contribution in [2.24, 2.45) is 0 Å². The minimum absolute atomic E-state index is 0.221. The first kappa shape index (κ1) is 17.6. The molecular formula is C20H17N3O2S. The second kappa shape index (κ2) is 7.38. The molecule has 0 bridgehead atoms. The molecule has 0 aliphatic carbocycles. The van der Waals surface area contributed by atoms with Crippen LogP contribution in [0.3, 0.4) is 0 Å². The number of H-pyrrole nitrogens is 1. The largest absolute Gasteiger partial charge is 0.490 e. The summed E-state index contributed by atoms with van der Waals surface area (Å²) in [5.74, 6) is 0.997. The topological polar surface area (TPSA) is 78.8 Å². The van der Waals surface area contributed by atoms with Crippen molar-refractivity contribution in [1.82, 2.24) is 9.97 Å². The molecule has 0 spiro atoms. The van der Waals surface area contributed by atoms with Crippen molar-refractivity contribution < 1.29 is 4.74 Å². The van der Waals surface area contributed by atoms with Crippen LogP contribution in [-0.2, 0) is 0 Å².